The maximum Gasteiger partial charge on any atom is 0.145 e. The van der Waals surface area contributed by atoms with E-state index < -0.39 is 0 Å². The Hall–Kier alpha value is -0.490. The first-order valence-electron chi connectivity index (χ1n) is 7.46. The number of nitrogens with two attached hydrogens (primary N) is 4. The molecule has 0 unspecified atom stereocenters. The first kappa shape index (κ1) is 16.6. The van der Waals surface area contributed by atoms with Crippen LogP contribution >= 0.6 is 0 Å². The number of carbonyl (C=O) groups excluding carboxylic acids is 1. The zero-order chi connectivity index (χ0) is 14.4. The molecule has 0 spiro atoms. The molecule has 0 aromatic heterocycles. The molecule has 112 valence electrons. The molecular formula is C14H30N4O. The van der Waals surface area contributed by atoms with Crippen molar-refractivity contribution in [3.8, 4) is 0 Å². The molecular weight excluding hydrogens is 240 g/mol. The van der Waals surface area contributed by atoms with Crippen LogP contribution in [0, 0.1) is 10.8 Å². The van der Waals surface area contributed by atoms with Gasteiger partial charge in [-0.2, -0.15) is 0 Å². The monoisotopic (exact) mass is 270 g/mol. The summed E-state index contributed by atoms with van der Waals surface area (Å²) in [5.41, 5.74) is 22.3. The Morgan fingerprint density at radius 2 is 1.05 bits per heavy atom. The lowest BCUT2D eigenvalue weighted by Gasteiger charge is -2.47. The molecule has 0 bridgehead atoms. The number of hydrogen-bond acceptors (Lipinski definition) is 5. The number of ketones is 1. The molecule has 0 aromatic carbocycles. The molecule has 5 nitrogen and oxygen atoms in total. The van der Waals surface area contributed by atoms with Gasteiger partial charge in [0.2, 0.25) is 0 Å². The van der Waals surface area contributed by atoms with Gasteiger partial charge in [-0.15, -0.1) is 0 Å². The molecule has 1 fully saturated rings. The molecule has 1 aliphatic carbocycles. The van der Waals surface area contributed by atoms with Crippen molar-refractivity contribution >= 4 is 5.78 Å². The van der Waals surface area contributed by atoms with Crippen molar-refractivity contribution in [2.75, 3.05) is 26.2 Å². The average Bonchev–Trinajstić information content (AvgIpc) is 2.37. The molecule has 19 heavy (non-hydrogen) atoms. The molecule has 0 saturated heterocycles. The predicted octanol–water partition coefficient (Wildman–Crippen LogP) is 0.107. The van der Waals surface area contributed by atoms with Crippen LogP contribution in [0.15, 0.2) is 0 Å². The van der Waals surface area contributed by atoms with Crippen molar-refractivity contribution in [2.24, 2.45) is 33.8 Å². The van der Waals surface area contributed by atoms with Crippen molar-refractivity contribution in [1.29, 1.82) is 0 Å². The second-order valence-electron chi connectivity index (χ2n) is 5.90. The van der Waals surface area contributed by atoms with Gasteiger partial charge < -0.3 is 22.9 Å². The van der Waals surface area contributed by atoms with Crippen LogP contribution in [0.5, 0.6) is 0 Å². The van der Waals surface area contributed by atoms with Crippen LogP contribution in [-0.2, 0) is 4.79 Å². The summed E-state index contributed by atoms with van der Waals surface area (Å²) < 4.78 is 0. The van der Waals surface area contributed by atoms with E-state index in [1.54, 1.807) is 0 Å². The highest BCUT2D eigenvalue weighted by Gasteiger charge is 2.50. The van der Waals surface area contributed by atoms with Gasteiger partial charge in [0.25, 0.3) is 0 Å². The number of hydrogen-bond donors (Lipinski definition) is 4. The van der Waals surface area contributed by atoms with Crippen molar-refractivity contribution in [3.63, 3.8) is 0 Å². The molecule has 0 amide bonds. The normalized spacial score (nSPS) is 21.6. The SMILES string of the molecule is NCCC1(CCN)CCCC(CCN)(CCN)C1=O. The standard InChI is InChI=1S/C14H30N4O/c15-8-4-13(5-9-16)2-1-3-14(6-10-17,7-11-18)12(13)19/h1-11,15-18H2. The number of carbonyl (C=O) groups is 1. The van der Waals surface area contributed by atoms with E-state index >= 15 is 0 Å². The molecule has 0 radical (unpaired) electrons. The molecule has 0 heterocycles. The summed E-state index contributed by atoms with van der Waals surface area (Å²) in [5.74, 6) is 0.332. The molecule has 5 heteroatoms. The van der Waals surface area contributed by atoms with Crippen LogP contribution in [0.3, 0.4) is 0 Å². The summed E-state index contributed by atoms with van der Waals surface area (Å²) in [4.78, 5) is 13.1. The molecule has 8 N–H and O–H groups in total. The lowest BCUT2D eigenvalue weighted by atomic mass is 9.56. The smallest absolute Gasteiger partial charge is 0.145 e. The fourth-order valence-corrected chi connectivity index (χ4v) is 3.86. The van der Waals surface area contributed by atoms with Gasteiger partial charge in [0.05, 0.1) is 0 Å². The van der Waals surface area contributed by atoms with Crippen LogP contribution in [0.4, 0.5) is 0 Å². The van der Waals surface area contributed by atoms with Crippen molar-refractivity contribution in [3.05, 3.63) is 0 Å². The maximum absolute atomic E-state index is 13.1. The Labute approximate surface area is 116 Å². The Morgan fingerprint density at radius 1 is 0.737 bits per heavy atom. The molecule has 1 saturated carbocycles. The molecule has 0 aliphatic heterocycles. The van der Waals surface area contributed by atoms with Crippen LogP contribution < -0.4 is 22.9 Å². The van der Waals surface area contributed by atoms with Gasteiger partial charge >= 0.3 is 0 Å². The van der Waals surface area contributed by atoms with Crippen LogP contribution in [0.25, 0.3) is 0 Å². The highest BCUT2D eigenvalue weighted by Crippen LogP contribution is 2.50. The summed E-state index contributed by atoms with van der Waals surface area (Å²) in [7, 11) is 0. The summed E-state index contributed by atoms with van der Waals surface area (Å²) in [6.07, 6.45) is 5.82. The lowest BCUT2D eigenvalue weighted by molar-refractivity contribution is -0.146. The maximum atomic E-state index is 13.1. The predicted molar refractivity (Wildman–Crippen MR) is 78.4 cm³/mol. The number of rotatable bonds is 8. The van der Waals surface area contributed by atoms with Gasteiger partial charge in [-0.1, -0.05) is 6.42 Å². The minimum atomic E-state index is -0.327. The first-order valence-corrected chi connectivity index (χ1v) is 7.46. The van der Waals surface area contributed by atoms with E-state index in [2.05, 4.69) is 0 Å². The van der Waals surface area contributed by atoms with Crippen molar-refractivity contribution in [1.82, 2.24) is 0 Å². The first-order chi connectivity index (χ1) is 9.10. The van der Waals surface area contributed by atoms with Crippen molar-refractivity contribution in [2.45, 2.75) is 44.9 Å². The van der Waals surface area contributed by atoms with Gasteiger partial charge in [0.15, 0.2) is 0 Å². The van der Waals surface area contributed by atoms with Gasteiger partial charge in [0, 0.05) is 10.8 Å². The van der Waals surface area contributed by atoms with E-state index in [0.717, 1.165) is 44.9 Å². The minimum absolute atomic E-state index is 0.327. The fraction of sp³-hybridized carbons (Fsp3) is 0.929. The van der Waals surface area contributed by atoms with Gasteiger partial charge in [0.1, 0.15) is 5.78 Å². The highest BCUT2D eigenvalue weighted by molar-refractivity contribution is 5.91. The Kier molecular flexibility index (Phi) is 6.39. The van der Waals surface area contributed by atoms with E-state index in [0.29, 0.717) is 32.0 Å². The van der Waals surface area contributed by atoms with E-state index in [1.807, 2.05) is 0 Å². The Morgan fingerprint density at radius 3 is 1.32 bits per heavy atom. The Balaban J connectivity index is 3.04. The van der Waals surface area contributed by atoms with E-state index in [4.69, 9.17) is 22.9 Å². The summed E-state index contributed by atoms with van der Waals surface area (Å²) in [6.45, 7) is 2.14. The van der Waals surface area contributed by atoms with E-state index in [9.17, 15) is 4.79 Å². The van der Waals surface area contributed by atoms with Gasteiger partial charge in [-0.3, -0.25) is 4.79 Å². The zero-order valence-corrected chi connectivity index (χ0v) is 12.0. The summed E-state index contributed by atoms with van der Waals surface area (Å²) >= 11 is 0. The second kappa shape index (κ2) is 7.33. The van der Waals surface area contributed by atoms with E-state index in [1.165, 1.54) is 0 Å². The third-order valence-corrected chi connectivity index (χ3v) is 4.77. The Bertz CT molecular complexity index is 244. The number of Topliss-reactive ketones (excluding diaryl/α,β-unsaturated/α-hetero) is 1. The van der Waals surface area contributed by atoms with Crippen LogP contribution in [-0.4, -0.2) is 32.0 Å². The molecule has 0 atom stereocenters. The fourth-order valence-electron chi connectivity index (χ4n) is 3.86. The highest BCUT2D eigenvalue weighted by atomic mass is 16.1. The second-order valence-corrected chi connectivity index (χ2v) is 5.90. The quantitative estimate of drug-likeness (QED) is 0.498. The molecule has 1 rings (SSSR count). The third kappa shape index (κ3) is 3.34. The lowest BCUT2D eigenvalue weighted by Crippen LogP contribution is -2.50. The molecule has 1 aliphatic rings. The van der Waals surface area contributed by atoms with E-state index in [-0.39, 0.29) is 10.8 Å². The topological polar surface area (TPSA) is 121 Å². The minimum Gasteiger partial charge on any atom is -0.330 e. The summed E-state index contributed by atoms with van der Waals surface area (Å²) in [6, 6.07) is 0. The largest absolute Gasteiger partial charge is 0.330 e. The van der Waals surface area contributed by atoms with Gasteiger partial charge in [-0.25, -0.2) is 0 Å². The zero-order valence-electron chi connectivity index (χ0n) is 12.0. The summed E-state index contributed by atoms with van der Waals surface area (Å²) in [5, 5.41) is 0. The molecule has 0 aromatic rings. The third-order valence-electron chi connectivity index (χ3n) is 4.77. The van der Waals surface area contributed by atoms with Gasteiger partial charge in [-0.05, 0) is 64.7 Å². The van der Waals surface area contributed by atoms with Crippen LogP contribution in [0.1, 0.15) is 44.9 Å². The van der Waals surface area contributed by atoms with Crippen molar-refractivity contribution < 1.29 is 4.79 Å². The average molecular weight is 270 g/mol. The van der Waals surface area contributed by atoms with Crippen LogP contribution in [0.2, 0.25) is 0 Å².